The Hall–Kier alpha value is -2.71. The molecule has 1 N–H and O–H groups in total. The van der Waals surface area contributed by atoms with Gasteiger partial charge in [-0.2, -0.15) is 5.10 Å². The first-order valence-electron chi connectivity index (χ1n) is 10.9. The fourth-order valence-electron chi connectivity index (χ4n) is 4.40. The number of carbonyl (C=O) groups excluding carboxylic acids is 1. The van der Waals surface area contributed by atoms with Crippen molar-refractivity contribution in [3.8, 4) is 0 Å². The van der Waals surface area contributed by atoms with E-state index in [1.54, 1.807) is 34.6 Å². The first-order chi connectivity index (χ1) is 15.5. The summed E-state index contributed by atoms with van der Waals surface area (Å²) in [6, 6.07) is 3.89. The normalized spacial score (nSPS) is 15.8. The van der Waals surface area contributed by atoms with Crippen LogP contribution in [-0.2, 0) is 17.6 Å². The second kappa shape index (κ2) is 8.67. The van der Waals surface area contributed by atoms with Crippen LogP contribution in [0.2, 0.25) is 5.02 Å². The Morgan fingerprint density at radius 3 is 3.12 bits per heavy atom. The van der Waals surface area contributed by atoms with Crippen LogP contribution in [0.1, 0.15) is 36.6 Å². The maximum atomic E-state index is 12.9. The van der Waals surface area contributed by atoms with Crippen LogP contribution in [0.3, 0.4) is 0 Å². The maximum Gasteiger partial charge on any atom is 0.225 e. The number of amides is 1. The molecule has 32 heavy (non-hydrogen) atoms. The zero-order valence-electron chi connectivity index (χ0n) is 18.1. The Bertz CT molecular complexity index is 1300. The van der Waals surface area contributed by atoms with Gasteiger partial charge >= 0.3 is 0 Å². The summed E-state index contributed by atoms with van der Waals surface area (Å²) >= 11 is 8.17. The summed E-state index contributed by atoms with van der Waals surface area (Å²) in [6.45, 7) is 2.98. The first kappa shape index (κ1) is 21.2. The molecule has 1 aliphatic carbocycles. The highest BCUT2D eigenvalue weighted by Gasteiger charge is 2.30. The van der Waals surface area contributed by atoms with Gasteiger partial charge in [-0.1, -0.05) is 24.9 Å². The van der Waals surface area contributed by atoms with Gasteiger partial charge in [0, 0.05) is 36.8 Å². The molecule has 0 aromatic carbocycles. The molecule has 4 heterocycles. The molecule has 7 nitrogen and oxygen atoms in total. The first-order valence-corrected chi connectivity index (χ1v) is 12.1. The number of nitrogens with one attached hydrogen (secondary N) is 1. The number of thiophene rings is 1. The van der Waals surface area contributed by atoms with Gasteiger partial charge < -0.3 is 10.2 Å². The second-order valence-corrected chi connectivity index (χ2v) is 9.81. The lowest BCUT2D eigenvalue weighted by Gasteiger charge is -2.26. The standard InChI is InChI=1S/C23H25ClN6OS/c1-3-4-9-29(2)23(31)14-5-6-16-19(10-14)32-22-20(16)21(25-13-26-22)28-18-11-15-7-8-27-30(15)12-17(18)24/h7-8,11-14H,3-6,9-10H2,1-2H3,(H,25,26,28). The van der Waals surface area contributed by atoms with Crippen LogP contribution in [0, 0.1) is 5.92 Å². The fourth-order valence-corrected chi connectivity index (χ4v) is 5.86. The van der Waals surface area contributed by atoms with Gasteiger partial charge in [-0.05, 0) is 43.4 Å². The van der Waals surface area contributed by atoms with Crippen LogP contribution in [-0.4, -0.2) is 44.0 Å². The minimum Gasteiger partial charge on any atom is -0.346 e. The summed E-state index contributed by atoms with van der Waals surface area (Å²) in [5.74, 6) is 1.05. The number of unbranched alkanes of at least 4 members (excludes halogenated alkanes) is 1. The van der Waals surface area contributed by atoms with Crippen molar-refractivity contribution in [2.45, 2.75) is 39.0 Å². The Labute approximate surface area is 195 Å². The number of carbonyl (C=O) groups is 1. The zero-order chi connectivity index (χ0) is 22.2. The molecule has 1 aliphatic rings. The number of aromatic nitrogens is 4. The number of aryl methyl sites for hydroxylation is 1. The number of rotatable bonds is 6. The van der Waals surface area contributed by atoms with E-state index in [1.165, 1.54) is 10.4 Å². The van der Waals surface area contributed by atoms with Crippen molar-refractivity contribution in [3.05, 3.63) is 46.3 Å². The molecule has 0 saturated carbocycles. The van der Waals surface area contributed by atoms with E-state index >= 15 is 0 Å². The van der Waals surface area contributed by atoms with Gasteiger partial charge in [0.25, 0.3) is 0 Å². The van der Waals surface area contributed by atoms with Gasteiger partial charge in [-0.25, -0.2) is 14.5 Å². The van der Waals surface area contributed by atoms with Crippen LogP contribution in [0.5, 0.6) is 0 Å². The molecule has 1 amide bonds. The van der Waals surface area contributed by atoms with E-state index < -0.39 is 0 Å². The zero-order valence-corrected chi connectivity index (χ0v) is 19.7. The topological polar surface area (TPSA) is 75.4 Å². The molecule has 166 valence electrons. The van der Waals surface area contributed by atoms with E-state index in [1.807, 2.05) is 24.1 Å². The number of nitrogens with zero attached hydrogens (tertiary/aromatic N) is 5. The third-order valence-corrected chi connectivity index (χ3v) is 7.62. The van der Waals surface area contributed by atoms with Crippen molar-refractivity contribution < 1.29 is 4.79 Å². The van der Waals surface area contributed by atoms with Crippen molar-refractivity contribution in [1.29, 1.82) is 0 Å². The van der Waals surface area contributed by atoms with Gasteiger partial charge in [-0.3, -0.25) is 4.79 Å². The van der Waals surface area contributed by atoms with Crippen molar-refractivity contribution in [1.82, 2.24) is 24.5 Å². The Morgan fingerprint density at radius 2 is 2.28 bits per heavy atom. The third kappa shape index (κ3) is 3.82. The smallest absolute Gasteiger partial charge is 0.225 e. The lowest BCUT2D eigenvalue weighted by molar-refractivity contribution is -0.134. The SMILES string of the molecule is CCCCN(C)C(=O)C1CCc2c(sc3ncnc(Nc4cc5ccnn5cc4Cl)c23)C1. The van der Waals surface area contributed by atoms with Crippen molar-refractivity contribution in [2.24, 2.45) is 5.92 Å². The van der Waals surface area contributed by atoms with E-state index in [0.717, 1.165) is 65.9 Å². The number of pyridine rings is 1. The number of fused-ring (bicyclic) bond motifs is 4. The van der Waals surface area contributed by atoms with Gasteiger partial charge in [0.2, 0.25) is 5.91 Å². The highest BCUT2D eigenvalue weighted by molar-refractivity contribution is 7.19. The Kier molecular flexibility index (Phi) is 5.73. The molecule has 0 aliphatic heterocycles. The second-order valence-electron chi connectivity index (χ2n) is 8.32. The molecule has 0 spiro atoms. The molecule has 1 atom stereocenters. The highest BCUT2D eigenvalue weighted by atomic mass is 35.5. The lowest BCUT2D eigenvalue weighted by Crippen LogP contribution is -2.36. The van der Waals surface area contributed by atoms with Gasteiger partial charge in [-0.15, -0.1) is 11.3 Å². The van der Waals surface area contributed by atoms with Gasteiger partial charge in [0.05, 0.1) is 21.6 Å². The molecule has 1 unspecified atom stereocenters. The summed E-state index contributed by atoms with van der Waals surface area (Å²) in [5.41, 5.74) is 2.99. The minimum atomic E-state index is 0.0421. The molecule has 9 heteroatoms. The number of hydrogen-bond donors (Lipinski definition) is 1. The predicted octanol–water partition coefficient (Wildman–Crippen LogP) is 5.10. The summed E-state index contributed by atoms with van der Waals surface area (Å²) in [6.07, 6.45) is 9.72. The average molecular weight is 469 g/mol. The van der Waals surface area contributed by atoms with Crippen LogP contribution in [0.25, 0.3) is 15.7 Å². The lowest BCUT2D eigenvalue weighted by atomic mass is 9.87. The summed E-state index contributed by atoms with van der Waals surface area (Å²) in [4.78, 5) is 26.1. The van der Waals surface area contributed by atoms with E-state index in [0.29, 0.717) is 5.02 Å². The third-order valence-electron chi connectivity index (χ3n) is 6.16. The maximum absolute atomic E-state index is 12.9. The largest absolute Gasteiger partial charge is 0.346 e. The van der Waals surface area contributed by atoms with Gasteiger partial charge in [0.1, 0.15) is 17.0 Å². The summed E-state index contributed by atoms with van der Waals surface area (Å²) in [7, 11) is 1.92. The molecule has 0 saturated heterocycles. The van der Waals surface area contributed by atoms with Crippen molar-refractivity contribution in [3.63, 3.8) is 0 Å². The highest BCUT2D eigenvalue weighted by Crippen LogP contribution is 2.41. The molecule has 4 aromatic heterocycles. The molecule has 0 fully saturated rings. The molecule has 0 radical (unpaired) electrons. The van der Waals surface area contributed by atoms with E-state index in [-0.39, 0.29) is 11.8 Å². The van der Waals surface area contributed by atoms with Crippen molar-refractivity contribution >= 4 is 56.1 Å². The van der Waals surface area contributed by atoms with Crippen LogP contribution >= 0.6 is 22.9 Å². The Morgan fingerprint density at radius 1 is 1.41 bits per heavy atom. The van der Waals surface area contributed by atoms with E-state index in [9.17, 15) is 4.79 Å². The monoisotopic (exact) mass is 468 g/mol. The molecule has 5 rings (SSSR count). The molecule has 4 aromatic rings. The molecular formula is C23H25ClN6OS. The van der Waals surface area contributed by atoms with E-state index in [4.69, 9.17) is 11.6 Å². The van der Waals surface area contributed by atoms with Crippen LogP contribution in [0.15, 0.2) is 30.9 Å². The fraction of sp³-hybridized carbons (Fsp3) is 0.391. The quantitative estimate of drug-likeness (QED) is 0.426. The summed E-state index contributed by atoms with van der Waals surface area (Å²) < 4.78 is 1.74. The number of hydrogen-bond acceptors (Lipinski definition) is 6. The summed E-state index contributed by atoms with van der Waals surface area (Å²) in [5, 5.41) is 9.25. The van der Waals surface area contributed by atoms with Crippen LogP contribution in [0.4, 0.5) is 11.5 Å². The predicted molar refractivity (Wildman–Crippen MR) is 129 cm³/mol. The molecule has 0 bridgehead atoms. The van der Waals surface area contributed by atoms with E-state index in [2.05, 4.69) is 27.3 Å². The molecular weight excluding hydrogens is 444 g/mol. The average Bonchev–Trinajstić information content (AvgIpc) is 3.40. The van der Waals surface area contributed by atoms with Crippen molar-refractivity contribution in [2.75, 3.05) is 18.9 Å². The number of halogens is 1. The van der Waals surface area contributed by atoms with Crippen LogP contribution < -0.4 is 5.32 Å². The van der Waals surface area contributed by atoms with Gasteiger partial charge in [0.15, 0.2) is 0 Å². The Balaban J connectivity index is 1.44. The number of anilines is 2. The minimum absolute atomic E-state index is 0.0421.